The van der Waals surface area contributed by atoms with Crippen molar-refractivity contribution in [2.75, 3.05) is 6.61 Å². The minimum Gasteiger partial charge on any atom is -0.861 e. The summed E-state index contributed by atoms with van der Waals surface area (Å²) in [4.78, 5) is 29.8. The zero-order chi connectivity index (χ0) is 8.74. The van der Waals surface area contributed by atoms with Crippen LogP contribution in [0, 0.1) is 0 Å². The molecule has 5 heteroatoms. The molecule has 0 spiro atoms. The average molecular weight is 177 g/mol. The van der Waals surface area contributed by atoms with Gasteiger partial charge in [0.2, 0.25) is 0 Å². The molecule has 0 N–H and O–H groups in total. The molecule has 68 valence electrons. The summed E-state index contributed by atoms with van der Waals surface area (Å²) in [6, 6.07) is 0. The Hall–Kier alpha value is 0.0569. The van der Waals surface area contributed by atoms with Gasteiger partial charge in [-0.3, -0.25) is 0 Å². The van der Waals surface area contributed by atoms with Crippen LogP contribution in [0.1, 0.15) is 32.6 Å². The minimum absolute atomic E-state index is 0.0444. The average Bonchev–Trinajstić information content (AvgIpc) is 1.85. The largest absolute Gasteiger partial charge is 0.861 e. The first kappa shape index (κ1) is 11.1. The second-order valence-electron chi connectivity index (χ2n) is 2.41. The van der Waals surface area contributed by atoms with Crippen LogP contribution in [0.15, 0.2) is 0 Å². The number of hydrogen-bond donors (Lipinski definition) is 0. The van der Waals surface area contributed by atoms with E-state index in [-0.39, 0.29) is 6.61 Å². The Bertz CT molecular complexity index is 91.1. The highest BCUT2D eigenvalue weighted by Crippen LogP contribution is 1.98. The van der Waals surface area contributed by atoms with Gasteiger partial charge < -0.3 is 18.8 Å². The molecular weight excluding hydrogens is 164 g/mol. The molecule has 0 amide bonds. The van der Waals surface area contributed by atoms with Gasteiger partial charge in [0.05, 0.1) is 0 Å². The summed E-state index contributed by atoms with van der Waals surface area (Å²) in [5.74, 6) is 0. The second kappa shape index (κ2) is 5.67. The first-order valence-electron chi connectivity index (χ1n) is 3.81. The van der Waals surface area contributed by atoms with Crippen molar-refractivity contribution in [3.8, 4) is 0 Å². The first-order valence-corrected chi connectivity index (χ1v) is 5.45. The third-order valence-corrected chi connectivity index (χ3v) is 1.83. The van der Waals surface area contributed by atoms with Gasteiger partial charge in [-0.25, -0.2) is 0 Å². The van der Waals surface area contributed by atoms with Crippen LogP contribution in [0.5, 0.6) is 0 Å². The van der Waals surface area contributed by atoms with E-state index in [2.05, 4.69) is 11.3 Å². The third kappa shape index (κ3) is 10.1. The van der Waals surface area contributed by atoms with E-state index in [0.717, 1.165) is 19.3 Å². The lowest BCUT2D eigenvalue weighted by Crippen LogP contribution is -2.75. The standard InChI is InChI=1S/C6H13O4Si/c1-2-3-4-5-6-10-11(7,8)9/h2-6H2,1H3/q-3. The summed E-state index contributed by atoms with van der Waals surface area (Å²) < 4.78 is 4.05. The second-order valence-corrected chi connectivity index (χ2v) is 3.70. The van der Waals surface area contributed by atoms with Gasteiger partial charge in [-0.15, -0.1) is 9.05 Å². The zero-order valence-corrected chi connectivity index (χ0v) is 7.67. The smallest absolute Gasteiger partial charge is 0.0282 e. The number of hydrogen-bond acceptors (Lipinski definition) is 4. The van der Waals surface area contributed by atoms with Crippen molar-refractivity contribution in [1.29, 1.82) is 0 Å². The van der Waals surface area contributed by atoms with Crippen LogP contribution in [-0.4, -0.2) is 15.7 Å². The van der Waals surface area contributed by atoms with E-state index in [1.54, 1.807) is 0 Å². The quantitative estimate of drug-likeness (QED) is 0.350. The van der Waals surface area contributed by atoms with Crippen molar-refractivity contribution in [2.45, 2.75) is 32.6 Å². The van der Waals surface area contributed by atoms with Gasteiger partial charge in [0.15, 0.2) is 0 Å². The van der Waals surface area contributed by atoms with E-state index in [1.165, 1.54) is 0 Å². The Labute approximate surface area is 67.9 Å². The van der Waals surface area contributed by atoms with Crippen LogP contribution in [-0.2, 0) is 4.43 Å². The van der Waals surface area contributed by atoms with Crippen LogP contribution in [0.2, 0.25) is 0 Å². The molecule has 0 aromatic carbocycles. The molecule has 0 aromatic heterocycles. The maximum absolute atomic E-state index is 9.94. The lowest BCUT2D eigenvalue weighted by molar-refractivity contribution is -0.541. The molecule has 0 saturated heterocycles. The van der Waals surface area contributed by atoms with Crippen LogP contribution in [0.3, 0.4) is 0 Å². The van der Waals surface area contributed by atoms with Gasteiger partial charge in [0.1, 0.15) is 0 Å². The topological polar surface area (TPSA) is 78.4 Å². The van der Waals surface area contributed by atoms with Gasteiger partial charge in [0.25, 0.3) is 0 Å². The summed E-state index contributed by atoms with van der Waals surface area (Å²) in [5, 5.41) is 0. The summed E-state index contributed by atoms with van der Waals surface area (Å²) in [6.45, 7) is 2.09. The Morgan fingerprint density at radius 2 is 1.73 bits per heavy atom. The Morgan fingerprint density at radius 1 is 1.09 bits per heavy atom. The summed E-state index contributed by atoms with van der Waals surface area (Å²) in [7, 11) is -4.97. The highest BCUT2D eigenvalue weighted by Gasteiger charge is 1.88. The maximum Gasteiger partial charge on any atom is 0.0282 e. The molecule has 0 fully saturated rings. The zero-order valence-electron chi connectivity index (χ0n) is 6.67. The molecule has 0 aliphatic heterocycles. The van der Waals surface area contributed by atoms with Crippen molar-refractivity contribution in [3.05, 3.63) is 0 Å². The Kier molecular flexibility index (Phi) is 5.70. The molecule has 0 heterocycles. The van der Waals surface area contributed by atoms with Crippen molar-refractivity contribution in [3.63, 3.8) is 0 Å². The van der Waals surface area contributed by atoms with E-state index in [1.807, 2.05) is 0 Å². The fourth-order valence-corrected chi connectivity index (χ4v) is 1.12. The van der Waals surface area contributed by atoms with E-state index in [4.69, 9.17) is 0 Å². The van der Waals surface area contributed by atoms with Crippen molar-refractivity contribution < 1.29 is 18.8 Å². The van der Waals surface area contributed by atoms with Crippen molar-refractivity contribution in [1.82, 2.24) is 0 Å². The van der Waals surface area contributed by atoms with Gasteiger partial charge in [-0.05, 0) is 6.42 Å². The van der Waals surface area contributed by atoms with Gasteiger partial charge in [-0.1, -0.05) is 26.2 Å². The SMILES string of the molecule is CCCCCCO[Si]([O-])([O-])[O-]. The highest BCUT2D eigenvalue weighted by atomic mass is 28.4. The monoisotopic (exact) mass is 177 g/mol. The molecule has 0 rings (SSSR count). The third-order valence-electron chi connectivity index (χ3n) is 1.28. The molecular formula is C6H13O4Si-3. The van der Waals surface area contributed by atoms with Crippen LogP contribution >= 0.6 is 0 Å². The molecule has 4 nitrogen and oxygen atoms in total. The molecule has 0 saturated carbocycles. The Balaban J connectivity index is 3.02. The fourth-order valence-electron chi connectivity index (χ4n) is 0.726. The lowest BCUT2D eigenvalue weighted by atomic mass is 10.2. The van der Waals surface area contributed by atoms with Crippen LogP contribution in [0.4, 0.5) is 0 Å². The highest BCUT2D eigenvalue weighted by molar-refractivity contribution is 6.42. The number of unbranched alkanes of at least 4 members (excludes halogenated alkanes) is 3. The van der Waals surface area contributed by atoms with E-state index in [0.29, 0.717) is 6.42 Å². The van der Waals surface area contributed by atoms with E-state index >= 15 is 0 Å². The van der Waals surface area contributed by atoms with Gasteiger partial charge >= 0.3 is 0 Å². The summed E-state index contributed by atoms with van der Waals surface area (Å²) >= 11 is 0. The number of rotatable bonds is 6. The fraction of sp³-hybridized carbons (Fsp3) is 1.00. The van der Waals surface area contributed by atoms with Crippen molar-refractivity contribution in [2.24, 2.45) is 0 Å². The normalized spacial score (nSPS) is 12.0. The molecule has 11 heavy (non-hydrogen) atoms. The van der Waals surface area contributed by atoms with Crippen LogP contribution < -0.4 is 14.4 Å². The molecule has 0 atom stereocenters. The summed E-state index contributed by atoms with van der Waals surface area (Å²) in [5.41, 5.74) is 0. The molecule has 0 unspecified atom stereocenters. The predicted molar refractivity (Wildman–Crippen MR) is 35.8 cm³/mol. The summed E-state index contributed by atoms with van der Waals surface area (Å²) in [6.07, 6.45) is 3.69. The first-order chi connectivity index (χ1) is 5.06. The molecule has 0 aliphatic carbocycles. The molecule has 0 radical (unpaired) electrons. The van der Waals surface area contributed by atoms with Crippen molar-refractivity contribution >= 4 is 9.05 Å². The van der Waals surface area contributed by atoms with E-state index < -0.39 is 9.05 Å². The van der Waals surface area contributed by atoms with Gasteiger partial charge in [0, 0.05) is 6.61 Å². The molecule has 0 aromatic rings. The van der Waals surface area contributed by atoms with Gasteiger partial charge in [-0.2, -0.15) is 0 Å². The minimum atomic E-state index is -4.97. The maximum atomic E-state index is 9.94. The van der Waals surface area contributed by atoms with Crippen LogP contribution in [0.25, 0.3) is 0 Å². The molecule has 0 aliphatic rings. The molecule has 0 bridgehead atoms. The Morgan fingerprint density at radius 3 is 2.18 bits per heavy atom. The van der Waals surface area contributed by atoms with E-state index in [9.17, 15) is 14.4 Å². The predicted octanol–water partition coefficient (Wildman–Crippen LogP) is -1.90. The lowest BCUT2D eigenvalue weighted by Gasteiger charge is -2.53.